The molecule has 2 rings (SSSR count). The summed E-state index contributed by atoms with van der Waals surface area (Å²) in [6.07, 6.45) is 1.67. The number of hydrogen-bond acceptors (Lipinski definition) is 3. The van der Waals surface area contributed by atoms with Crippen LogP contribution in [0.2, 0.25) is 5.02 Å². The van der Waals surface area contributed by atoms with Gasteiger partial charge >= 0.3 is 0 Å². The lowest BCUT2D eigenvalue weighted by atomic mass is 10.3. The summed E-state index contributed by atoms with van der Waals surface area (Å²) in [5, 5.41) is 3.33. The number of benzene rings is 1. The van der Waals surface area contributed by atoms with Crippen LogP contribution in [0.3, 0.4) is 0 Å². The zero-order chi connectivity index (χ0) is 14.5. The Balaban J connectivity index is 1.92. The van der Waals surface area contributed by atoms with E-state index in [1.165, 1.54) is 12.1 Å². The Morgan fingerprint density at radius 3 is 2.95 bits per heavy atom. The molecule has 0 amide bonds. The molecule has 5 heteroatoms. The van der Waals surface area contributed by atoms with E-state index in [9.17, 15) is 4.39 Å². The summed E-state index contributed by atoms with van der Waals surface area (Å²) in [6, 6.07) is 6.95. The van der Waals surface area contributed by atoms with Gasteiger partial charge < -0.3 is 14.5 Å². The fraction of sp³-hybridized carbons (Fsp3) is 0.333. The average Bonchev–Trinajstić information content (AvgIpc) is 2.86. The van der Waals surface area contributed by atoms with Crippen LogP contribution in [0.1, 0.15) is 25.2 Å². The van der Waals surface area contributed by atoms with Gasteiger partial charge in [0.1, 0.15) is 12.4 Å². The van der Waals surface area contributed by atoms with Crippen LogP contribution in [0.25, 0.3) is 0 Å². The molecule has 108 valence electrons. The highest BCUT2D eigenvalue weighted by atomic mass is 35.5. The van der Waals surface area contributed by atoms with Crippen molar-refractivity contribution in [1.29, 1.82) is 0 Å². The Morgan fingerprint density at radius 1 is 1.40 bits per heavy atom. The van der Waals surface area contributed by atoms with Crippen molar-refractivity contribution in [2.24, 2.45) is 0 Å². The predicted molar refractivity (Wildman–Crippen MR) is 76.4 cm³/mol. The molecule has 0 bridgehead atoms. The van der Waals surface area contributed by atoms with E-state index < -0.39 is 5.82 Å². The summed E-state index contributed by atoms with van der Waals surface area (Å²) in [4.78, 5) is 0. The molecule has 0 atom stereocenters. The summed E-state index contributed by atoms with van der Waals surface area (Å²) < 4.78 is 24.4. The molecule has 0 aliphatic rings. The molecule has 0 saturated heterocycles. The van der Waals surface area contributed by atoms with Crippen LogP contribution < -0.4 is 10.1 Å². The SMILES string of the molecule is CC(C)NCc1coc(COc2cccc(Cl)c2F)c1. The maximum atomic E-state index is 13.6. The Labute approximate surface area is 122 Å². The summed E-state index contributed by atoms with van der Waals surface area (Å²) in [5.74, 6) is 0.211. The van der Waals surface area contributed by atoms with Crippen LogP contribution in [-0.4, -0.2) is 6.04 Å². The minimum Gasteiger partial charge on any atom is -0.483 e. The van der Waals surface area contributed by atoms with Crippen molar-refractivity contribution in [3.63, 3.8) is 0 Å². The van der Waals surface area contributed by atoms with Crippen LogP contribution in [0, 0.1) is 5.82 Å². The van der Waals surface area contributed by atoms with Crippen molar-refractivity contribution in [1.82, 2.24) is 5.32 Å². The van der Waals surface area contributed by atoms with Gasteiger partial charge in [0.25, 0.3) is 0 Å². The largest absolute Gasteiger partial charge is 0.483 e. The molecule has 0 aliphatic heterocycles. The van der Waals surface area contributed by atoms with E-state index in [0.29, 0.717) is 11.8 Å². The van der Waals surface area contributed by atoms with Crippen LogP contribution in [0.15, 0.2) is 34.9 Å². The fourth-order valence-electron chi connectivity index (χ4n) is 1.66. The highest BCUT2D eigenvalue weighted by Gasteiger charge is 2.09. The molecule has 2 aromatic rings. The summed E-state index contributed by atoms with van der Waals surface area (Å²) >= 11 is 5.68. The lowest BCUT2D eigenvalue weighted by Gasteiger charge is -2.06. The normalized spacial score (nSPS) is 11.1. The molecule has 0 spiro atoms. The highest BCUT2D eigenvalue weighted by molar-refractivity contribution is 6.30. The lowest BCUT2D eigenvalue weighted by molar-refractivity contribution is 0.258. The molecule has 0 radical (unpaired) electrons. The van der Waals surface area contributed by atoms with Crippen molar-refractivity contribution in [2.45, 2.75) is 33.0 Å². The third-order valence-electron chi connectivity index (χ3n) is 2.71. The molecule has 0 saturated carbocycles. The number of rotatable bonds is 6. The van der Waals surface area contributed by atoms with Crippen molar-refractivity contribution >= 4 is 11.6 Å². The minimum atomic E-state index is -0.553. The predicted octanol–water partition coefficient (Wildman–Crippen LogP) is 4.15. The van der Waals surface area contributed by atoms with Crippen molar-refractivity contribution < 1.29 is 13.5 Å². The Hall–Kier alpha value is -1.52. The van der Waals surface area contributed by atoms with Gasteiger partial charge in [-0.05, 0) is 18.2 Å². The number of furan rings is 1. The molecular weight excluding hydrogens is 281 g/mol. The van der Waals surface area contributed by atoms with Crippen LogP contribution in [-0.2, 0) is 13.2 Å². The molecule has 0 fully saturated rings. The molecule has 3 nitrogen and oxygen atoms in total. The van der Waals surface area contributed by atoms with Gasteiger partial charge in [-0.3, -0.25) is 0 Å². The van der Waals surface area contributed by atoms with E-state index in [1.54, 1.807) is 12.3 Å². The van der Waals surface area contributed by atoms with Gasteiger partial charge in [0, 0.05) is 18.2 Å². The second-order valence-electron chi connectivity index (χ2n) is 4.80. The van der Waals surface area contributed by atoms with Gasteiger partial charge in [-0.1, -0.05) is 31.5 Å². The third kappa shape index (κ3) is 3.99. The first-order valence-electron chi connectivity index (χ1n) is 6.42. The van der Waals surface area contributed by atoms with Crippen molar-refractivity contribution in [3.8, 4) is 5.75 Å². The standard InChI is InChI=1S/C15H17ClFNO2/c1-10(2)18-7-11-6-12(19-8-11)9-20-14-5-3-4-13(16)15(14)17/h3-6,8,10,18H,7,9H2,1-2H3. The Morgan fingerprint density at radius 2 is 2.20 bits per heavy atom. The quantitative estimate of drug-likeness (QED) is 0.870. The third-order valence-corrected chi connectivity index (χ3v) is 3.00. The van der Waals surface area contributed by atoms with E-state index in [-0.39, 0.29) is 17.4 Å². The molecule has 1 aromatic carbocycles. The fourth-order valence-corrected chi connectivity index (χ4v) is 1.83. The highest BCUT2D eigenvalue weighted by Crippen LogP contribution is 2.25. The van der Waals surface area contributed by atoms with Crippen LogP contribution in [0.5, 0.6) is 5.75 Å². The van der Waals surface area contributed by atoms with Crippen LogP contribution in [0.4, 0.5) is 4.39 Å². The van der Waals surface area contributed by atoms with Gasteiger partial charge in [-0.15, -0.1) is 0 Å². The first kappa shape index (κ1) is 14.9. The topological polar surface area (TPSA) is 34.4 Å². The van der Waals surface area contributed by atoms with Crippen molar-refractivity contribution in [2.75, 3.05) is 0 Å². The zero-order valence-electron chi connectivity index (χ0n) is 11.5. The summed E-state index contributed by atoms with van der Waals surface area (Å²) in [7, 11) is 0. The lowest BCUT2D eigenvalue weighted by Crippen LogP contribution is -2.21. The molecule has 1 aromatic heterocycles. The number of halogens is 2. The average molecular weight is 298 g/mol. The molecule has 0 unspecified atom stereocenters. The van der Waals surface area contributed by atoms with Gasteiger partial charge in [-0.2, -0.15) is 0 Å². The molecule has 1 N–H and O–H groups in total. The maximum Gasteiger partial charge on any atom is 0.183 e. The molecule has 20 heavy (non-hydrogen) atoms. The van der Waals surface area contributed by atoms with E-state index in [1.807, 2.05) is 6.07 Å². The number of nitrogens with one attached hydrogen (secondary N) is 1. The van der Waals surface area contributed by atoms with E-state index >= 15 is 0 Å². The maximum absolute atomic E-state index is 13.6. The van der Waals surface area contributed by atoms with Gasteiger partial charge in [-0.25, -0.2) is 4.39 Å². The van der Waals surface area contributed by atoms with Crippen molar-refractivity contribution in [3.05, 3.63) is 52.7 Å². The zero-order valence-corrected chi connectivity index (χ0v) is 12.2. The Bertz CT molecular complexity index is 569. The van der Waals surface area contributed by atoms with E-state index in [0.717, 1.165) is 12.1 Å². The van der Waals surface area contributed by atoms with E-state index in [2.05, 4.69) is 19.2 Å². The number of hydrogen-bond donors (Lipinski definition) is 1. The summed E-state index contributed by atoms with van der Waals surface area (Å²) in [5.41, 5.74) is 1.03. The molecule has 0 aliphatic carbocycles. The van der Waals surface area contributed by atoms with Gasteiger partial charge in [0.05, 0.1) is 11.3 Å². The second kappa shape index (κ2) is 6.77. The molecule has 1 heterocycles. The first-order chi connectivity index (χ1) is 9.56. The monoisotopic (exact) mass is 297 g/mol. The Kier molecular flexibility index (Phi) is 5.04. The minimum absolute atomic E-state index is 0.0452. The molecular formula is C15H17ClFNO2. The second-order valence-corrected chi connectivity index (χ2v) is 5.20. The number of ether oxygens (including phenoxy) is 1. The first-order valence-corrected chi connectivity index (χ1v) is 6.80. The summed E-state index contributed by atoms with van der Waals surface area (Å²) in [6.45, 7) is 5.05. The van der Waals surface area contributed by atoms with Gasteiger partial charge in [0.2, 0.25) is 0 Å². The van der Waals surface area contributed by atoms with E-state index in [4.69, 9.17) is 20.8 Å². The van der Waals surface area contributed by atoms with Crippen LogP contribution >= 0.6 is 11.6 Å². The smallest absolute Gasteiger partial charge is 0.183 e. The van der Waals surface area contributed by atoms with Gasteiger partial charge in [0.15, 0.2) is 11.6 Å².